The van der Waals surface area contributed by atoms with Gasteiger partial charge in [0.1, 0.15) is 0 Å². The molecule has 1 aromatic heterocycles. The molecule has 0 aliphatic heterocycles. The number of thiophene rings is 1. The van der Waals surface area contributed by atoms with E-state index in [4.69, 9.17) is 5.73 Å². The van der Waals surface area contributed by atoms with Crippen LogP contribution in [0.2, 0.25) is 0 Å². The van der Waals surface area contributed by atoms with Crippen molar-refractivity contribution < 1.29 is 0 Å². The second-order valence-corrected chi connectivity index (χ2v) is 5.21. The molecule has 1 aliphatic rings. The minimum Gasteiger partial charge on any atom is -0.329 e. The Morgan fingerprint density at radius 1 is 1.57 bits per heavy atom. The molecule has 0 radical (unpaired) electrons. The highest BCUT2D eigenvalue weighted by Crippen LogP contribution is 2.39. The van der Waals surface area contributed by atoms with Gasteiger partial charge in [-0.05, 0) is 37.8 Å². The fraction of sp³-hybridized carbons (Fsp3) is 0.636. The molecule has 0 atom stereocenters. The van der Waals surface area contributed by atoms with Crippen LogP contribution in [-0.4, -0.2) is 30.6 Å². The van der Waals surface area contributed by atoms with Crippen LogP contribution in [0.25, 0.3) is 0 Å². The first-order chi connectivity index (χ1) is 6.77. The summed E-state index contributed by atoms with van der Waals surface area (Å²) in [4.78, 5) is 3.91. The summed E-state index contributed by atoms with van der Waals surface area (Å²) in [6.45, 7) is 1.95. The van der Waals surface area contributed by atoms with E-state index in [0.29, 0.717) is 5.54 Å². The highest BCUT2D eigenvalue weighted by molar-refractivity contribution is 7.09. The van der Waals surface area contributed by atoms with E-state index in [9.17, 15) is 0 Å². The maximum atomic E-state index is 5.78. The molecule has 14 heavy (non-hydrogen) atoms. The van der Waals surface area contributed by atoms with Gasteiger partial charge in [0.05, 0.1) is 0 Å². The second-order valence-electron chi connectivity index (χ2n) is 4.18. The Morgan fingerprint density at radius 3 is 2.86 bits per heavy atom. The average Bonchev–Trinajstić information content (AvgIpc) is 2.84. The molecule has 0 unspecified atom stereocenters. The van der Waals surface area contributed by atoms with Crippen LogP contribution in [0.3, 0.4) is 0 Å². The zero-order valence-corrected chi connectivity index (χ0v) is 9.52. The smallest absolute Gasteiger partial charge is 0.0330 e. The first-order valence-corrected chi connectivity index (χ1v) is 6.08. The number of likely N-dealkylation sites (N-methyl/N-ethyl adjacent to an activating group) is 1. The van der Waals surface area contributed by atoms with Gasteiger partial charge in [0.2, 0.25) is 0 Å². The maximum Gasteiger partial charge on any atom is 0.0330 e. The number of rotatable bonds is 5. The van der Waals surface area contributed by atoms with Crippen molar-refractivity contribution in [1.82, 2.24) is 4.90 Å². The van der Waals surface area contributed by atoms with Gasteiger partial charge in [-0.2, -0.15) is 0 Å². The summed E-state index contributed by atoms with van der Waals surface area (Å²) in [6.07, 6.45) is 3.73. The molecule has 78 valence electrons. The monoisotopic (exact) mass is 210 g/mol. The Hall–Kier alpha value is -0.380. The third kappa shape index (κ3) is 2.00. The molecule has 1 heterocycles. The topological polar surface area (TPSA) is 29.3 Å². The Labute approximate surface area is 89.7 Å². The SMILES string of the molecule is CN(CCc1cccs1)C1(CN)CC1. The van der Waals surface area contributed by atoms with Gasteiger partial charge in [-0.25, -0.2) is 0 Å². The van der Waals surface area contributed by atoms with Gasteiger partial charge in [0.15, 0.2) is 0 Å². The molecular weight excluding hydrogens is 192 g/mol. The highest BCUT2D eigenvalue weighted by atomic mass is 32.1. The minimum absolute atomic E-state index is 0.358. The molecule has 1 saturated carbocycles. The van der Waals surface area contributed by atoms with E-state index in [0.717, 1.165) is 19.5 Å². The minimum atomic E-state index is 0.358. The van der Waals surface area contributed by atoms with Gasteiger partial charge in [0.25, 0.3) is 0 Å². The largest absolute Gasteiger partial charge is 0.329 e. The summed E-state index contributed by atoms with van der Waals surface area (Å²) < 4.78 is 0. The average molecular weight is 210 g/mol. The Morgan fingerprint density at radius 2 is 2.36 bits per heavy atom. The summed E-state index contributed by atoms with van der Waals surface area (Å²) in [6, 6.07) is 4.33. The van der Waals surface area contributed by atoms with Crippen LogP contribution in [0.5, 0.6) is 0 Å². The summed E-state index contributed by atoms with van der Waals surface area (Å²) in [5.74, 6) is 0. The third-order valence-corrected chi connectivity index (χ3v) is 4.23. The molecule has 0 spiro atoms. The van der Waals surface area contributed by atoms with Crippen LogP contribution in [-0.2, 0) is 6.42 Å². The molecule has 2 nitrogen and oxygen atoms in total. The van der Waals surface area contributed by atoms with Crippen molar-refractivity contribution in [3.63, 3.8) is 0 Å². The molecule has 0 aromatic carbocycles. The molecule has 0 amide bonds. The normalized spacial score (nSPS) is 18.8. The van der Waals surface area contributed by atoms with Crippen LogP contribution in [0, 0.1) is 0 Å². The number of hydrogen-bond donors (Lipinski definition) is 1. The maximum absolute atomic E-state index is 5.78. The number of hydrogen-bond acceptors (Lipinski definition) is 3. The van der Waals surface area contributed by atoms with E-state index < -0.39 is 0 Å². The van der Waals surface area contributed by atoms with Crippen LogP contribution >= 0.6 is 11.3 Å². The fourth-order valence-electron chi connectivity index (χ4n) is 1.86. The van der Waals surface area contributed by atoms with Gasteiger partial charge in [-0.3, -0.25) is 4.90 Å². The van der Waals surface area contributed by atoms with Gasteiger partial charge in [0, 0.05) is 23.5 Å². The summed E-state index contributed by atoms with van der Waals surface area (Å²) in [5.41, 5.74) is 6.14. The van der Waals surface area contributed by atoms with Crippen molar-refractivity contribution in [3.8, 4) is 0 Å². The lowest BCUT2D eigenvalue weighted by molar-refractivity contribution is 0.230. The van der Waals surface area contributed by atoms with Crippen molar-refractivity contribution in [2.75, 3.05) is 20.1 Å². The lowest BCUT2D eigenvalue weighted by Crippen LogP contribution is -2.41. The molecule has 0 saturated heterocycles. The Balaban J connectivity index is 1.81. The zero-order valence-electron chi connectivity index (χ0n) is 8.70. The molecule has 1 fully saturated rings. The first-order valence-electron chi connectivity index (χ1n) is 5.20. The molecule has 1 aliphatic carbocycles. The molecule has 1 aromatic rings. The van der Waals surface area contributed by atoms with Gasteiger partial charge in [-0.1, -0.05) is 6.07 Å². The molecule has 3 heteroatoms. The molecule has 0 bridgehead atoms. The third-order valence-electron chi connectivity index (χ3n) is 3.29. The molecule has 2 rings (SSSR count). The van der Waals surface area contributed by atoms with Crippen LogP contribution in [0.4, 0.5) is 0 Å². The van der Waals surface area contributed by atoms with Crippen molar-refractivity contribution in [2.45, 2.75) is 24.8 Å². The number of nitrogens with zero attached hydrogens (tertiary/aromatic N) is 1. The quantitative estimate of drug-likeness (QED) is 0.801. The van der Waals surface area contributed by atoms with Gasteiger partial charge >= 0.3 is 0 Å². The van der Waals surface area contributed by atoms with Crippen LogP contribution in [0.1, 0.15) is 17.7 Å². The fourth-order valence-corrected chi connectivity index (χ4v) is 2.55. The highest BCUT2D eigenvalue weighted by Gasteiger charge is 2.44. The van der Waals surface area contributed by atoms with Crippen molar-refractivity contribution in [2.24, 2.45) is 5.73 Å². The second kappa shape index (κ2) is 4.01. The van der Waals surface area contributed by atoms with Crippen LogP contribution in [0.15, 0.2) is 17.5 Å². The van der Waals surface area contributed by atoms with E-state index >= 15 is 0 Å². The van der Waals surface area contributed by atoms with Crippen molar-refractivity contribution in [3.05, 3.63) is 22.4 Å². The standard InChI is InChI=1S/C11H18N2S/c1-13(11(9-12)5-6-11)7-4-10-3-2-8-14-10/h2-3,8H,4-7,9,12H2,1H3. The molecule has 2 N–H and O–H groups in total. The van der Waals surface area contributed by atoms with Crippen molar-refractivity contribution in [1.29, 1.82) is 0 Å². The molecular formula is C11H18N2S. The van der Waals surface area contributed by atoms with E-state index in [1.165, 1.54) is 17.7 Å². The first kappa shape index (κ1) is 10.1. The van der Waals surface area contributed by atoms with Crippen molar-refractivity contribution >= 4 is 11.3 Å². The summed E-state index contributed by atoms with van der Waals surface area (Å²) in [7, 11) is 2.20. The van der Waals surface area contributed by atoms with E-state index in [1.807, 2.05) is 11.3 Å². The van der Waals surface area contributed by atoms with Gasteiger partial charge < -0.3 is 5.73 Å². The predicted octanol–water partition coefficient (Wildman–Crippen LogP) is 1.71. The van der Waals surface area contributed by atoms with Gasteiger partial charge in [-0.15, -0.1) is 11.3 Å². The predicted molar refractivity (Wildman–Crippen MR) is 61.7 cm³/mol. The lowest BCUT2D eigenvalue weighted by Gasteiger charge is -2.26. The van der Waals surface area contributed by atoms with Crippen LogP contribution < -0.4 is 5.73 Å². The lowest BCUT2D eigenvalue weighted by atomic mass is 10.2. The number of nitrogens with two attached hydrogens (primary N) is 1. The summed E-state index contributed by atoms with van der Waals surface area (Å²) in [5, 5.41) is 2.14. The zero-order chi connectivity index (χ0) is 10.0. The Kier molecular flexibility index (Phi) is 2.91. The summed E-state index contributed by atoms with van der Waals surface area (Å²) >= 11 is 1.85. The van der Waals surface area contributed by atoms with E-state index in [1.54, 1.807) is 0 Å². The van der Waals surface area contributed by atoms with E-state index in [2.05, 4.69) is 29.5 Å². The van der Waals surface area contributed by atoms with E-state index in [-0.39, 0.29) is 0 Å². The Bertz CT molecular complexity index is 277.